The Labute approximate surface area is 113 Å². The van der Waals surface area contributed by atoms with Crippen molar-refractivity contribution >= 4 is 17.8 Å². The van der Waals surface area contributed by atoms with Gasteiger partial charge < -0.3 is 0 Å². The van der Waals surface area contributed by atoms with Gasteiger partial charge in [0.15, 0.2) is 0 Å². The molecule has 0 spiro atoms. The number of urea groups is 1. The molecule has 20 heavy (non-hydrogen) atoms. The van der Waals surface area contributed by atoms with Crippen molar-refractivity contribution in [1.82, 2.24) is 21.7 Å². The van der Waals surface area contributed by atoms with Crippen LogP contribution in [0.25, 0.3) is 0 Å². The van der Waals surface area contributed by atoms with Crippen LogP contribution in [0.2, 0.25) is 0 Å². The molecule has 110 valence electrons. The molecule has 0 bridgehead atoms. The number of nitrogens with two attached hydrogens (primary N) is 4. The number of nitrogen functional groups attached to an aromatic ring is 2. The van der Waals surface area contributed by atoms with E-state index in [1.165, 1.54) is 18.2 Å². The van der Waals surface area contributed by atoms with Crippen LogP contribution >= 0.6 is 0 Å². The lowest BCUT2D eigenvalue weighted by Crippen LogP contribution is -2.43. The molecule has 0 heterocycles. The van der Waals surface area contributed by atoms with E-state index in [0.717, 1.165) is 0 Å². The zero-order valence-corrected chi connectivity index (χ0v) is 10.3. The molecule has 1 rings (SSSR count). The van der Waals surface area contributed by atoms with Crippen LogP contribution in [-0.4, -0.2) is 17.8 Å². The van der Waals surface area contributed by atoms with Gasteiger partial charge >= 0.3 is 6.03 Å². The zero-order valence-electron chi connectivity index (χ0n) is 10.3. The second-order valence-electron chi connectivity index (χ2n) is 3.15. The van der Waals surface area contributed by atoms with Gasteiger partial charge in [-0.15, -0.1) is 0 Å². The zero-order chi connectivity index (χ0) is 15.5. The van der Waals surface area contributed by atoms with Crippen LogP contribution in [-0.2, 0) is 0 Å². The number of hydrogen-bond donors (Lipinski definition) is 8. The third-order valence-corrected chi connectivity index (χ3v) is 1.91. The minimum Gasteiger partial charge on any atom is -0.290 e. The fourth-order valence-electron chi connectivity index (χ4n) is 1.01. The van der Waals surface area contributed by atoms with Gasteiger partial charge in [-0.05, 0) is 18.2 Å². The van der Waals surface area contributed by atoms with Crippen LogP contribution in [0.3, 0.4) is 0 Å². The Balaban J connectivity index is 0.000000511. The number of carbonyl (C=O) groups excluding carboxylic acids is 3. The molecule has 0 radical (unpaired) electrons. The van der Waals surface area contributed by atoms with Crippen molar-refractivity contribution in [1.29, 1.82) is 0 Å². The van der Waals surface area contributed by atoms with Crippen LogP contribution < -0.4 is 45.1 Å². The Hall–Kier alpha value is -2.73. The average molecular weight is 284 g/mol. The van der Waals surface area contributed by atoms with E-state index < -0.39 is 17.8 Å². The van der Waals surface area contributed by atoms with E-state index in [0.29, 0.717) is 11.1 Å². The predicted molar refractivity (Wildman–Crippen MR) is 69.8 cm³/mol. The quantitative estimate of drug-likeness (QED) is 0.159. The van der Waals surface area contributed by atoms with E-state index in [4.69, 9.17) is 11.7 Å². The summed E-state index contributed by atoms with van der Waals surface area (Å²) in [6.45, 7) is 0. The third kappa shape index (κ3) is 5.74. The fourth-order valence-corrected chi connectivity index (χ4v) is 1.01. The smallest absolute Gasteiger partial charge is 0.290 e. The van der Waals surface area contributed by atoms with Crippen molar-refractivity contribution in [2.24, 2.45) is 23.4 Å². The first-order valence-corrected chi connectivity index (χ1v) is 5.09. The second kappa shape index (κ2) is 9.23. The summed E-state index contributed by atoms with van der Waals surface area (Å²) < 4.78 is 0. The molecule has 0 saturated carbocycles. The Morgan fingerprint density at radius 2 is 1.15 bits per heavy atom. The molecular formula is C9H16N8O3. The molecular weight excluding hydrogens is 268 g/mol. The summed E-state index contributed by atoms with van der Waals surface area (Å²) in [6.07, 6.45) is 0. The van der Waals surface area contributed by atoms with Crippen LogP contribution in [0.1, 0.15) is 20.7 Å². The van der Waals surface area contributed by atoms with Gasteiger partial charge in [0.1, 0.15) is 0 Å². The molecule has 0 saturated heterocycles. The summed E-state index contributed by atoms with van der Waals surface area (Å²) in [5.41, 5.74) is 8.01. The molecule has 0 aromatic heterocycles. The lowest BCUT2D eigenvalue weighted by Gasteiger charge is -2.02. The monoisotopic (exact) mass is 284 g/mol. The van der Waals surface area contributed by atoms with E-state index >= 15 is 0 Å². The fraction of sp³-hybridized carbons (Fsp3) is 0. The number of amides is 4. The van der Waals surface area contributed by atoms with E-state index in [2.05, 4.69) is 11.7 Å². The summed E-state index contributed by atoms with van der Waals surface area (Å²) in [4.78, 5) is 31.9. The van der Waals surface area contributed by atoms with Crippen LogP contribution in [0.15, 0.2) is 24.3 Å². The highest BCUT2D eigenvalue weighted by molar-refractivity contribution is 5.99. The standard InChI is InChI=1S/C8H10N4O2.CH6N4O/c9-11-7(13)5-2-1-3-6(4-5)8(14)12-10;2-4-1(6)5-3/h1-4H,9-10H2,(H,11,13)(H,12,14);2-3H2,(H2,4,5,6). The number of hydrogen-bond acceptors (Lipinski definition) is 7. The normalized spacial score (nSPS) is 8.60. The minimum absolute atomic E-state index is 0.300. The first kappa shape index (κ1) is 17.3. The van der Waals surface area contributed by atoms with Crippen LogP contribution in [0.5, 0.6) is 0 Å². The first-order chi connectivity index (χ1) is 9.49. The van der Waals surface area contributed by atoms with Gasteiger partial charge in [0, 0.05) is 11.1 Å². The van der Waals surface area contributed by atoms with E-state index in [9.17, 15) is 14.4 Å². The summed E-state index contributed by atoms with van der Waals surface area (Å²) in [5.74, 6) is 18.0. The third-order valence-electron chi connectivity index (χ3n) is 1.91. The van der Waals surface area contributed by atoms with Crippen molar-refractivity contribution in [2.75, 3.05) is 0 Å². The molecule has 0 unspecified atom stereocenters. The molecule has 11 nitrogen and oxygen atoms in total. The van der Waals surface area contributed by atoms with Gasteiger partial charge in [-0.2, -0.15) is 0 Å². The molecule has 11 heteroatoms. The van der Waals surface area contributed by atoms with E-state index in [-0.39, 0.29) is 0 Å². The molecule has 0 aliphatic carbocycles. The molecule has 1 aromatic carbocycles. The number of rotatable bonds is 2. The van der Waals surface area contributed by atoms with Crippen LogP contribution in [0, 0.1) is 0 Å². The highest BCUT2D eigenvalue weighted by Crippen LogP contribution is 2.04. The molecule has 0 aliphatic rings. The Kier molecular flexibility index (Phi) is 7.97. The van der Waals surface area contributed by atoms with Crippen molar-refractivity contribution < 1.29 is 14.4 Å². The summed E-state index contributed by atoms with van der Waals surface area (Å²) >= 11 is 0. The van der Waals surface area contributed by atoms with Gasteiger partial charge in [0.2, 0.25) is 0 Å². The number of nitrogens with one attached hydrogen (secondary N) is 4. The van der Waals surface area contributed by atoms with Crippen molar-refractivity contribution in [3.8, 4) is 0 Å². The van der Waals surface area contributed by atoms with Gasteiger partial charge in [0.25, 0.3) is 11.8 Å². The second-order valence-corrected chi connectivity index (χ2v) is 3.15. The maximum atomic E-state index is 11.1. The molecule has 0 atom stereocenters. The Bertz CT molecular complexity index is 441. The number of hydrazine groups is 4. The average Bonchev–Trinajstić information content (AvgIpc) is 2.53. The van der Waals surface area contributed by atoms with Crippen molar-refractivity contribution in [3.05, 3.63) is 35.4 Å². The maximum absolute atomic E-state index is 11.1. The molecule has 1 aromatic rings. The number of benzene rings is 1. The van der Waals surface area contributed by atoms with E-state index in [1.54, 1.807) is 16.9 Å². The summed E-state index contributed by atoms with van der Waals surface area (Å²) in [7, 11) is 0. The maximum Gasteiger partial charge on any atom is 0.343 e. The molecule has 0 aliphatic heterocycles. The van der Waals surface area contributed by atoms with Crippen molar-refractivity contribution in [3.63, 3.8) is 0 Å². The summed E-state index contributed by atoms with van der Waals surface area (Å²) in [5, 5.41) is 0. The lowest BCUT2D eigenvalue weighted by atomic mass is 10.1. The van der Waals surface area contributed by atoms with Gasteiger partial charge in [0.05, 0.1) is 0 Å². The Morgan fingerprint density at radius 3 is 1.40 bits per heavy atom. The Morgan fingerprint density at radius 1 is 0.750 bits per heavy atom. The van der Waals surface area contributed by atoms with Gasteiger partial charge in [-0.1, -0.05) is 6.07 Å². The molecule has 12 N–H and O–H groups in total. The largest absolute Gasteiger partial charge is 0.343 e. The SMILES string of the molecule is NNC(=O)NN.NNC(=O)c1cccc(C(=O)NN)c1. The first-order valence-electron chi connectivity index (χ1n) is 5.09. The highest BCUT2D eigenvalue weighted by Gasteiger charge is 2.07. The topological polar surface area (TPSA) is 203 Å². The van der Waals surface area contributed by atoms with Crippen molar-refractivity contribution in [2.45, 2.75) is 0 Å². The van der Waals surface area contributed by atoms with Gasteiger partial charge in [-0.3, -0.25) is 31.3 Å². The van der Waals surface area contributed by atoms with Gasteiger partial charge in [-0.25, -0.2) is 28.2 Å². The van der Waals surface area contributed by atoms with E-state index in [1.807, 2.05) is 10.9 Å². The van der Waals surface area contributed by atoms with Crippen LogP contribution in [0.4, 0.5) is 4.79 Å². The minimum atomic E-state index is -0.602. The number of carbonyl (C=O) groups is 3. The predicted octanol–water partition coefficient (Wildman–Crippen LogP) is -3.07. The summed E-state index contributed by atoms with van der Waals surface area (Å²) in [6, 6.07) is 5.43. The lowest BCUT2D eigenvalue weighted by molar-refractivity contribution is 0.0953. The highest BCUT2D eigenvalue weighted by atomic mass is 16.2. The molecule has 4 amide bonds. The molecule has 0 fully saturated rings.